The summed E-state index contributed by atoms with van der Waals surface area (Å²) < 4.78 is 39.2. The molecular formula is C7H12F3NO3. The van der Waals surface area contributed by atoms with Gasteiger partial charge in [0.2, 0.25) is 0 Å². The van der Waals surface area contributed by atoms with Crippen LogP contribution in [0.5, 0.6) is 0 Å². The molecule has 0 aliphatic carbocycles. The first-order chi connectivity index (χ1) is 6.40. The summed E-state index contributed by atoms with van der Waals surface area (Å²) in [6.45, 7) is 0.173. The van der Waals surface area contributed by atoms with Gasteiger partial charge in [-0.05, 0) is 6.42 Å². The lowest BCUT2D eigenvalue weighted by Crippen LogP contribution is -2.39. The molecule has 1 N–H and O–H groups in total. The van der Waals surface area contributed by atoms with E-state index in [9.17, 15) is 18.0 Å². The van der Waals surface area contributed by atoms with Crippen molar-refractivity contribution in [2.75, 3.05) is 13.7 Å². The predicted molar refractivity (Wildman–Crippen MR) is 41.2 cm³/mol. The van der Waals surface area contributed by atoms with E-state index in [-0.39, 0.29) is 6.42 Å². The molecule has 0 saturated heterocycles. The van der Waals surface area contributed by atoms with Gasteiger partial charge in [0.1, 0.15) is 6.04 Å². The van der Waals surface area contributed by atoms with Crippen LogP contribution in [0.2, 0.25) is 0 Å². The van der Waals surface area contributed by atoms with Gasteiger partial charge in [0.15, 0.2) is 6.61 Å². The Morgan fingerprint density at radius 3 is 2.43 bits per heavy atom. The normalized spacial score (nSPS) is 13.8. The smallest absolute Gasteiger partial charge is 0.413 e. The van der Waals surface area contributed by atoms with Crippen LogP contribution in [0.3, 0.4) is 0 Å². The maximum Gasteiger partial charge on any atom is 0.413 e. The summed E-state index contributed by atoms with van der Waals surface area (Å²) in [4.78, 5) is 15.0. The summed E-state index contributed by atoms with van der Waals surface area (Å²) >= 11 is 0. The largest absolute Gasteiger partial charge is 0.468 e. The number of rotatable bonds is 5. The van der Waals surface area contributed by atoms with E-state index >= 15 is 0 Å². The van der Waals surface area contributed by atoms with Crippen LogP contribution in [0.15, 0.2) is 0 Å². The van der Waals surface area contributed by atoms with E-state index in [1.165, 1.54) is 0 Å². The topological polar surface area (TPSA) is 47.6 Å². The molecule has 7 heteroatoms. The monoisotopic (exact) mass is 215 g/mol. The Balaban J connectivity index is 3.80. The standard InChI is InChI=1S/C7H12F3NO3/c1-3-5(6(12)13-2)11-14-4-7(8,9)10/h5,11H,3-4H2,1-2H3. The molecule has 0 aromatic rings. The SMILES string of the molecule is CCC(NOCC(F)(F)F)C(=O)OC. The fraction of sp³-hybridized carbons (Fsp3) is 0.857. The van der Waals surface area contributed by atoms with Crippen LogP contribution in [0, 0.1) is 0 Å². The highest BCUT2D eigenvalue weighted by Gasteiger charge is 2.29. The average Bonchev–Trinajstić information content (AvgIpc) is 2.09. The number of hydrogen-bond acceptors (Lipinski definition) is 4. The van der Waals surface area contributed by atoms with Crippen LogP contribution in [0.4, 0.5) is 13.2 Å². The minimum absolute atomic E-state index is 0.282. The van der Waals surface area contributed by atoms with Crippen molar-refractivity contribution in [3.8, 4) is 0 Å². The van der Waals surface area contributed by atoms with Crippen LogP contribution in [-0.2, 0) is 14.4 Å². The molecule has 0 fully saturated rings. The zero-order valence-corrected chi connectivity index (χ0v) is 7.85. The van der Waals surface area contributed by atoms with Crippen LogP contribution in [0.1, 0.15) is 13.3 Å². The highest BCUT2D eigenvalue weighted by Crippen LogP contribution is 2.13. The fourth-order valence-electron chi connectivity index (χ4n) is 0.664. The second-order valence-electron chi connectivity index (χ2n) is 2.51. The first kappa shape index (κ1) is 13.2. The number of hydrogen-bond donors (Lipinski definition) is 1. The van der Waals surface area contributed by atoms with Gasteiger partial charge in [-0.2, -0.15) is 18.7 Å². The van der Waals surface area contributed by atoms with Gasteiger partial charge in [-0.15, -0.1) is 0 Å². The molecule has 0 radical (unpaired) electrons. The van der Waals surface area contributed by atoms with Crippen molar-refractivity contribution in [2.45, 2.75) is 25.6 Å². The van der Waals surface area contributed by atoms with Crippen molar-refractivity contribution in [1.82, 2.24) is 5.48 Å². The molecule has 4 nitrogen and oxygen atoms in total. The van der Waals surface area contributed by atoms with E-state index in [0.717, 1.165) is 7.11 Å². The highest BCUT2D eigenvalue weighted by molar-refractivity contribution is 5.75. The number of carbonyl (C=O) groups is 1. The van der Waals surface area contributed by atoms with E-state index in [0.29, 0.717) is 0 Å². The summed E-state index contributed by atoms with van der Waals surface area (Å²) in [5, 5.41) is 0. The number of esters is 1. The Morgan fingerprint density at radius 2 is 2.07 bits per heavy atom. The van der Waals surface area contributed by atoms with Gasteiger partial charge in [-0.1, -0.05) is 6.92 Å². The Labute approximate surface area is 79.3 Å². The fourth-order valence-corrected chi connectivity index (χ4v) is 0.664. The lowest BCUT2D eigenvalue weighted by atomic mass is 10.2. The molecule has 0 heterocycles. The molecule has 0 aromatic heterocycles. The third-order valence-corrected chi connectivity index (χ3v) is 1.36. The maximum atomic E-state index is 11.6. The number of nitrogens with one attached hydrogen (secondary N) is 1. The van der Waals surface area contributed by atoms with Crippen molar-refractivity contribution in [1.29, 1.82) is 0 Å². The molecule has 0 aliphatic rings. The van der Waals surface area contributed by atoms with E-state index in [2.05, 4.69) is 9.57 Å². The molecular weight excluding hydrogens is 203 g/mol. The Bertz CT molecular complexity index is 184. The predicted octanol–water partition coefficient (Wildman–Crippen LogP) is 1.02. The first-order valence-electron chi connectivity index (χ1n) is 3.92. The zero-order chi connectivity index (χ0) is 11.2. The molecule has 0 saturated carbocycles. The molecule has 0 aromatic carbocycles. The van der Waals surface area contributed by atoms with Crippen LogP contribution in [-0.4, -0.2) is 31.9 Å². The quantitative estimate of drug-likeness (QED) is 0.549. The van der Waals surface area contributed by atoms with Gasteiger partial charge in [-0.25, -0.2) is 0 Å². The maximum absolute atomic E-state index is 11.6. The van der Waals surface area contributed by atoms with Crippen LogP contribution in [0.25, 0.3) is 0 Å². The average molecular weight is 215 g/mol. The number of methoxy groups -OCH3 is 1. The van der Waals surface area contributed by atoms with Crippen molar-refractivity contribution in [3.63, 3.8) is 0 Å². The second kappa shape index (κ2) is 5.82. The third-order valence-electron chi connectivity index (χ3n) is 1.36. The molecule has 0 amide bonds. The number of alkyl halides is 3. The zero-order valence-electron chi connectivity index (χ0n) is 7.85. The van der Waals surface area contributed by atoms with Gasteiger partial charge in [-0.3, -0.25) is 9.63 Å². The minimum Gasteiger partial charge on any atom is -0.468 e. The molecule has 0 bridgehead atoms. The lowest BCUT2D eigenvalue weighted by Gasteiger charge is -2.14. The summed E-state index contributed by atoms with van der Waals surface area (Å²) in [6, 6.07) is -0.873. The molecule has 1 atom stereocenters. The van der Waals surface area contributed by atoms with E-state index in [1.54, 1.807) is 6.92 Å². The molecule has 14 heavy (non-hydrogen) atoms. The molecule has 0 aliphatic heterocycles. The number of carbonyl (C=O) groups excluding carboxylic acids is 1. The van der Waals surface area contributed by atoms with Crippen molar-refractivity contribution in [3.05, 3.63) is 0 Å². The third kappa shape index (κ3) is 5.76. The van der Waals surface area contributed by atoms with Crippen molar-refractivity contribution in [2.24, 2.45) is 0 Å². The molecule has 0 spiro atoms. The Kier molecular flexibility index (Phi) is 5.47. The van der Waals surface area contributed by atoms with Gasteiger partial charge in [0, 0.05) is 0 Å². The Hall–Kier alpha value is -0.820. The summed E-state index contributed by atoms with van der Waals surface area (Å²) in [5.41, 5.74) is 1.98. The van der Waals surface area contributed by atoms with Gasteiger partial charge >= 0.3 is 12.1 Å². The second-order valence-corrected chi connectivity index (χ2v) is 2.51. The van der Waals surface area contributed by atoms with Gasteiger partial charge in [0.25, 0.3) is 0 Å². The summed E-state index contributed by atoms with van der Waals surface area (Å²) in [6.07, 6.45) is -4.13. The molecule has 1 unspecified atom stereocenters. The minimum atomic E-state index is -4.42. The van der Waals surface area contributed by atoms with Gasteiger partial charge < -0.3 is 4.74 Å². The number of hydroxylamine groups is 1. The Morgan fingerprint density at radius 1 is 1.50 bits per heavy atom. The van der Waals surface area contributed by atoms with Crippen LogP contribution < -0.4 is 5.48 Å². The first-order valence-corrected chi connectivity index (χ1v) is 3.92. The molecule has 0 rings (SSSR count). The lowest BCUT2D eigenvalue weighted by molar-refractivity contribution is -0.196. The van der Waals surface area contributed by atoms with Crippen molar-refractivity contribution < 1.29 is 27.5 Å². The van der Waals surface area contributed by atoms with Crippen LogP contribution >= 0.6 is 0 Å². The van der Waals surface area contributed by atoms with E-state index in [4.69, 9.17) is 0 Å². The van der Waals surface area contributed by atoms with Gasteiger partial charge in [0.05, 0.1) is 7.11 Å². The van der Waals surface area contributed by atoms with Crippen molar-refractivity contribution >= 4 is 5.97 Å². The van der Waals surface area contributed by atoms with E-state index in [1.807, 2.05) is 5.48 Å². The number of halogens is 3. The number of ether oxygens (including phenoxy) is 1. The molecule has 84 valence electrons. The van der Waals surface area contributed by atoms with E-state index < -0.39 is 24.8 Å². The summed E-state index contributed by atoms with van der Waals surface area (Å²) in [5.74, 6) is -0.658. The highest BCUT2D eigenvalue weighted by atomic mass is 19.4. The summed E-state index contributed by atoms with van der Waals surface area (Å²) in [7, 11) is 1.15.